The Labute approximate surface area is 209 Å². The third-order valence-corrected chi connectivity index (χ3v) is 7.88. The molecule has 0 spiro atoms. The topological polar surface area (TPSA) is 32.8 Å². The molecule has 35 heavy (non-hydrogen) atoms. The minimum Gasteiger partial charge on any atom is -0.497 e. The van der Waals surface area contributed by atoms with Crippen molar-refractivity contribution in [1.82, 2.24) is 4.90 Å². The molecule has 2 aliphatic rings. The Morgan fingerprint density at radius 1 is 0.800 bits per heavy atom. The fourth-order valence-electron chi connectivity index (χ4n) is 6.07. The summed E-state index contributed by atoms with van der Waals surface area (Å²) in [7, 11) is 1.67. The van der Waals surface area contributed by atoms with E-state index in [1.54, 1.807) is 7.11 Å². The van der Waals surface area contributed by atoms with Gasteiger partial charge in [0.2, 0.25) is 0 Å². The predicted octanol–water partition coefficient (Wildman–Crippen LogP) is 6.53. The van der Waals surface area contributed by atoms with Crippen molar-refractivity contribution in [3.63, 3.8) is 0 Å². The highest BCUT2D eigenvalue weighted by molar-refractivity contribution is 6.06. The summed E-state index contributed by atoms with van der Waals surface area (Å²) in [6.07, 6.45) is 7.17. The van der Waals surface area contributed by atoms with E-state index >= 15 is 0 Å². The van der Waals surface area contributed by atoms with Gasteiger partial charge in [-0.05, 0) is 73.6 Å². The molecule has 1 heterocycles. The lowest BCUT2D eigenvalue weighted by Gasteiger charge is -2.45. The maximum atomic E-state index is 13.7. The number of carbonyl (C=O) groups excluding carboxylic acids is 1. The van der Waals surface area contributed by atoms with Crippen LogP contribution in [0.25, 0.3) is 0 Å². The molecule has 4 nitrogen and oxygen atoms in total. The maximum Gasteiger partial charge on any atom is 0.258 e. The summed E-state index contributed by atoms with van der Waals surface area (Å²) < 4.78 is 5.36. The largest absolute Gasteiger partial charge is 0.497 e. The molecule has 1 aliphatic carbocycles. The van der Waals surface area contributed by atoms with E-state index in [0.29, 0.717) is 12.0 Å². The van der Waals surface area contributed by atoms with E-state index in [-0.39, 0.29) is 11.9 Å². The van der Waals surface area contributed by atoms with Crippen molar-refractivity contribution in [2.75, 3.05) is 25.1 Å². The lowest BCUT2D eigenvalue weighted by Crippen LogP contribution is -2.51. The molecule has 1 saturated heterocycles. The summed E-state index contributed by atoms with van der Waals surface area (Å²) in [4.78, 5) is 18.4. The summed E-state index contributed by atoms with van der Waals surface area (Å²) in [6.45, 7) is 2.07. The first-order chi connectivity index (χ1) is 17.2. The molecule has 4 heteroatoms. The zero-order chi connectivity index (χ0) is 24.0. The van der Waals surface area contributed by atoms with E-state index < -0.39 is 0 Å². The molecule has 2 fully saturated rings. The van der Waals surface area contributed by atoms with E-state index in [0.717, 1.165) is 42.9 Å². The molecule has 5 rings (SSSR count). The Kier molecular flexibility index (Phi) is 7.48. The summed E-state index contributed by atoms with van der Waals surface area (Å²) in [5.74, 6) is 1.50. The number of carbonyl (C=O) groups is 1. The van der Waals surface area contributed by atoms with Gasteiger partial charge in [-0.3, -0.25) is 9.69 Å². The Morgan fingerprint density at radius 3 is 2.09 bits per heavy atom. The second-order valence-electron chi connectivity index (χ2n) is 9.88. The van der Waals surface area contributed by atoms with Gasteiger partial charge in [0.15, 0.2) is 0 Å². The normalized spacial score (nSPS) is 21.4. The van der Waals surface area contributed by atoms with Crippen molar-refractivity contribution in [3.05, 3.63) is 96.1 Å². The van der Waals surface area contributed by atoms with E-state index in [1.165, 1.54) is 31.2 Å². The zero-order valence-electron chi connectivity index (χ0n) is 20.7. The average Bonchev–Trinajstić information content (AvgIpc) is 2.95. The molecule has 3 aromatic carbocycles. The van der Waals surface area contributed by atoms with E-state index in [9.17, 15) is 4.79 Å². The molecule has 0 radical (unpaired) electrons. The van der Waals surface area contributed by atoms with Crippen molar-refractivity contribution in [2.24, 2.45) is 0 Å². The molecule has 1 saturated carbocycles. The van der Waals surface area contributed by atoms with Crippen molar-refractivity contribution in [2.45, 2.75) is 56.5 Å². The predicted molar refractivity (Wildman–Crippen MR) is 142 cm³/mol. The van der Waals surface area contributed by atoms with Crippen LogP contribution < -0.4 is 9.64 Å². The molecular formula is C31H36N2O2. The van der Waals surface area contributed by atoms with Gasteiger partial charge in [0.05, 0.1) is 7.11 Å². The highest BCUT2D eigenvalue weighted by Crippen LogP contribution is 2.38. The summed E-state index contributed by atoms with van der Waals surface area (Å²) >= 11 is 0. The van der Waals surface area contributed by atoms with Crippen molar-refractivity contribution in [3.8, 4) is 5.75 Å². The van der Waals surface area contributed by atoms with Gasteiger partial charge in [0.25, 0.3) is 5.91 Å². The van der Waals surface area contributed by atoms with Gasteiger partial charge in [-0.1, -0.05) is 61.4 Å². The lowest BCUT2D eigenvalue weighted by molar-refractivity contribution is 0.0895. The smallest absolute Gasteiger partial charge is 0.258 e. The number of anilines is 1. The molecule has 3 aromatic rings. The quantitative estimate of drug-likeness (QED) is 0.412. The van der Waals surface area contributed by atoms with Crippen LogP contribution in [0.4, 0.5) is 5.69 Å². The number of nitrogens with zero attached hydrogens (tertiary/aromatic N) is 2. The first kappa shape index (κ1) is 23.6. The van der Waals surface area contributed by atoms with Crippen LogP contribution in [-0.4, -0.2) is 43.1 Å². The van der Waals surface area contributed by atoms with Crippen LogP contribution in [0.15, 0.2) is 84.9 Å². The number of ether oxygens (including phenoxy) is 1. The van der Waals surface area contributed by atoms with Crippen molar-refractivity contribution in [1.29, 1.82) is 0 Å². The van der Waals surface area contributed by atoms with E-state index in [2.05, 4.69) is 35.2 Å². The number of piperidine rings is 1. The van der Waals surface area contributed by atoms with Crippen LogP contribution in [0.1, 0.15) is 60.4 Å². The molecule has 0 aromatic heterocycles. The van der Waals surface area contributed by atoms with Crippen LogP contribution >= 0.6 is 0 Å². The molecule has 1 amide bonds. The van der Waals surface area contributed by atoms with Gasteiger partial charge in [-0.15, -0.1) is 0 Å². The number of hydrogen-bond donors (Lipinski definition) is 0. The third-order valence-electron chi connectivity index (χ3n) is 7.88. The maximum absolute atomic E-state index is 13.7. The van der Waals surface area contributed by atoms with Gasteiger partial charge in [0.1, 0.15) is 5.75 Å². The second-order valence-corrected chi connectivity index (χ2v) is 9.88. The van der Waals surface area contributed by atoms with E-state index in [1.807, 2.05) is 59.5 Å². The molecule has 1 aliphatic heterocycles. The molecule has 2 atom stereocenters. The Balaban J connectivity index is 1.34. The minimum absolute atomic E-state index is 0.0778. The summed E-state index contributed by atoms with van der Waals surface area (Å²) in [5, 5.41) is 0. The molecular weight excluding hydrogens is 432 g/mol. The van der Waals surface area contributed by atoms with Gasteiger partial charge in [-0.25, -0.2) is 0 Å². The highest BCUT2D eigenvalue weighted by atomic mass is 16.5. The first-order valence-electron chi connectivity index (χ1n) is 13.1. The molecule has 0 unspecified atom stereocenters. The summed E-state index contributed by atoms with van der Waals surface area (Å²) in [5.41, 5.74) is 3.17. The summed E-state index contributed by atoms with van der Waals surface area (Å²) in [6, 6.07) is 29.5. The van der Waals surface area contributed by atoms with Crippen LogP contribution in [0.5, 0.6) is 5.75 Å². The zero-order valence-corrected chi connectivity index (χ0v) is 20.7. The van der Waals surface area contributed by atoms with Gasteiger partial charge >= 0.3 is 0 Å². The minimum atomic E-state index is 0.0778. The Morgan fingerprint density at radius 2 is 1.43 bits per heavy atom. The number of amides is 1. The first-order valence-corrected chi connectivity index (χ1v) is 13.1. The van der Waals surface area contributed by atoms with Crippen molar-refractivity contribution >= 4 is 11.6 Å². The Hall–Kier alpha value is -3.11. The van der Waals surface area contributed by atoms with Gasteiger partial charge in [0, 0.05) is 36.4 Å². The average molecular weight is 469 g/mol. The Bertz CT molecular complexity index is 1080. The number of methoxy groups -OCH3 is 1. The number of benzene rings is 3. The van der Waals surface area contributed by atoms with Crippen LogP contribution in [0.2, 0.25) is 0 Å². The molecule has 0 bridgehead atoms. The standard InChI is InChI=1S/C31H36N2O2/c1-35-28-18-16-26(17-19-28)33(31(34)25-12-6-3-7-13-25)27-20-22-32(23-21-27)30-15-9-8-14-29(30)24-10-4-2-5-11-24/h2-7,10-13,16-19,27,29-30H,8-9,14-15,20-23H2,1H3/t29-,30-/m1/s1. The van der Waals surface area contributed by atoms with Crippen LogP contribution in [-0.2, 0) is 0 Å². The van der Waals surface area contributed by atoms with Crippen LogP contribution in [0, 0.1) is 0 Å². The second kappa shape index (κ2) is 11.1. The highest BCUT2D eigenvalue weighted by Gasteiger charge is 2.36. The van der Waals surface area contributed by atoms with Crippen LogP contribution in [0.3, 0.4) is 0 Å². The lowest BCUT2D eigenvalue weighted by atomic mass is 9.78. The number of likely N-dealkylation sites (tertiary alicyclic amines) is 1. The van der Waals surface area contributed by atoms with Gasteiger partial charge in [-0.2, -0.15) is 0 Å². The van der Waals surface area contributed by atoms with E-state index in [4.69, 9.17) is 4.74 Å². The monoisotopic (exact) mass is 468 g/mol. The molecule has 0 N–H and O–H groups in total. The molecule has 182 valence electrons. The van der Waals surface area contributed by atoms with Gasteiger partial charge < -0.3 is 9.64 Å². The SMILES string of the molecule is COc1ccc(N(C(=O)c2ccccc2)C2CCN([C@@H]3CCCC[C@@H]3c3ccccc3)CC2)cc1. The number of rotatable bonds is 6. The number of hydrogen-bond acceptors (Lipinski definition) is 3. The van der Waals surface area contributed by atoms with Crippen molar-refractivity contribution < 1.29 is 9.53 Å². The third kappa shape index (κ3) is 5.28. The fraction of sp³-hybridized carbons (Fsp3) is 0.387. The fourth-order valence-corrected chi connectivity index (χ4v) is 6.07.